The topological polar surface area (TPSA) is 74.0 Å². The molecule has 2 atom stereocenters. The molecule has 1 aromatic rings. The number of rotatable bonds is 5. The van der Waals surface area contributed by atoms with E-state index in [0.717, 1.165) is 31.4 Å². The number of hydrogen-bond donors (Lipinski definition) is 1. The molecule has 0 aliphatic carbocycles. The number of unbranched alkanes of at least 4 members (excludes halogenated alkanes) is 1. The second-order valence-electron chi connectivity index (χ2n) is 7.25. The molecule has 2 fully saturated rings. The van der Waals surface area contributed by atoms with Gasteiger partial charge in [0.1, 0.15) is 11.5 Å². The van der Waals surface area contributed by atoms with E-state index in [2.05, 4.69) is 0 Å². The van der Waals surface area contributed by atoms with Crippen LogP contribution in [0, 0.1) is 19.8 Å². The molecular weight excluding hydrogens is 320 g/mol. The summed E-state index contributed by atoms with van der Waals surface area (Å²) in [6.45, 7) is 5.95. The zero-order chi connectivity index (χ0) is 18.0. The van der Waals surface area contributed by atoms with E-state index in [1.165, 1.54) is 0 Å². The van der Waals surface area contributed by atoms with E-state index in [0.29, 0.717) is 43.3 Å². The second-order valence-corrected chi connectivity index (χ2v) is 7.25. The van der Waals surface area contributed by atoms with Crippen LogP contribution in [0.15, 0.2) is 10.5 Å². The standard InChI is InChI=1S/C19H28N2O4/c1-13-11-16(14(2)25-13)19(24)20-9-7-17-15(12-20)5-6-18(23)21(17)8-3-4-10-22/h11,15,17,22H,3-10,12H2,1-2H3/t15-,17+/m0/s1. The normalized spacial score (nSPS) is 23.7. The molecule has 0 bridgehead atoms. The molecule has 0 saturated carbocycles. The predicted octanol–water partition coefficient (Wildman–Crippen LogP) is 2.12. The van der Waals surface area contributed by atoms with Crippen LogP contribution in [0.4, 0.5) is 0 Å². The summed E-state index contributed by atoms with van der Waals surface area (Å²) in [5, 5.41) is 8.97. The zero-order valence-electron chi connectivity index (χ0n) is 15.2. The quantitative estimate of drug-likeness (QED) is 0.827. The molecule has 0 radical (unpaired) electrons. The molecule has 1 N–H and O–H groups in total. The number of aryl methyl sites for hydroxylation is 2. The van der Waals surface area contributed by atoms with Crippen LogP contribution < -0.4 is 0 Å². The third-order valence-electron chi connectivity index (χ3n) is 5.51. The Morgan fingerprint density at radius 2 is 2.12 bits per heavy atom. The van der Waals surface area contributed by atoms with E-state index in [1.807, 2.05) is 29.7 Å². The first-order chi connectivity index (χ1) is 12.0. The monoisotopic (exact) mass is 348 g/mol. The number of furan rings is 1. The lowest BCUT2D eigenvalue weighted by atomic mass is 9.83. The third-order valence-corrected chi connectivity index (χ3v) is 5.51. The highest BCUT2D eigenvalue weighted by atomic mass is 16.3. The van der Waals surface area contributed by atoms with E-state index >= 15 is 0 Å². The van der Waals surface area contributed by atoms with Crippen molar-refractivity contribution >= 4 is 11.8 Å². The van der Waals surface area contributed by atoms with Gasteiger partial charge in [-0.2, -0.15) is 0 Å². The SMILES string of the molecule is Cc1cc(C(=O)N2CC[C@@H]3[C@@H](CCC(=O)N3CCCCO)C2)c(C)o1. The van der Waals surface area contributed by atoms with Crippen molar-refractivity contribution in [3.8, 4) is 0 Å². The van der Waals surface area contributed by atoms with Crippen LogP contribution in [-0.4, -0.2) is 59.0 Å². The van der Waals surface area contributed by atoms with Crippen LogP contribution in [-0.2, 0) is 4.79 Å². The van der Waals surface area contributed by atoms with Gasteiger partial charge >= 0.3 is 0 Å². The number of likely N-dealkylation sites (tertiary alicyclic amines) is 2. The molecule has 1 aromatic heterocycles. The fourth-order valence-electron chi connectivity index (χ4n) is 4.23. The van der Waals surface area contributed by atoms with Crippen LogP contribution in [0.1, 0.15) is 54.0 Å². The fourth-order valence-corrected chi connectivity index (χ4v) is 4.23. The molecule has 3 rings (SSSR count). The van der Waals surface area contributed by atoms with Crippen molar-refractivity contribution in [1.82, 2.24) is 9.80 Å². The number of fused-ring (bicyclic) bond motifs is 1. The smallest absolute Gasteiger partial charge is 0.257 e. The maximum Gasteiger partial charge on any atom is 0.257 e. The Balaban J connectivity index is 1.66. The van der Waals surface area contributed by atoms with Gasteiger partial charge in [-0.05, 0) is 51.5 Å². The largest absolute Gasteiger partial charge is 0.466 e. The Morgan fingerprint density at radius 1 is 1.32 bits per heavy atom. The highest BCUT2D eigenvalue weighted by Gasteiger charge is 2.40. The second kappa shape index (κ2) is 7.60. The van der Waals surface area contributed by atoms with E-state index in [-0.39, 0.29) is 24.5 Å². The van der Waals surface area contributed by atoms with E-state index in [9.17, 15) is 9.59 Å². The number of carbonyl (C=O) groups is 2. The van der Waals surface area contributed by atoms with Crippen molar-refractivity contribution < 1.29 is 19.1 Å². The van der Waals surface area contributed by atoms with E-state index < -0.39 is 0 Å². The van der Waals surface area contributed by atoms with Crippen molar-refractivity contribution in [1.29, 1.82) is 0 Å². The highest BCUT2D eigenvalue weighted by Crippen LogP contribution is 2.32. The third kappa shape index (κ3) is 3.73. The van der Waals surface area contributed by atoms with E-state index in [4.69, 9.17) is 9.52 Å². The van der Waals surface area contributed by atoms with Gasteiger partial charge in [-0.1, -0.05) is 0 Å². The number of hydrogen-bond acceptors (Lipinski definition) is 4. The molecule has 3 heterocycles. The number of piperidine rings is 2. The number of amides is 2. The number of aliphatic hydroxyl groups is 1. The molecule has 6 heteroatoms. The first-order valence-electron chi connectivity index (χ1n) is 9.28. The summed E-state index contributed by atoms with van der Waals surface area (Å²) in [5.74, 6) is 2.04. The minimum atomic E-state index is 0.0385. The van der Waals surface area contributed by atoms with Gasteiger partial charge in [-0.25, -0.2) is 0 Å². The van der Waals surface area contributed by atoms with Crippen LogP contribution in [0.3, 0.4) is 0 Å². The van der Waals surface area contributed by atoms with Crippen molar-refractivity contribution in [3.63, 3.8) is 0 Å². The van der Waals surface area contributed by atoms with Crippen molar-refractivity contribution in [3.05, 3.63) is 23.2 Å². The summed E-state index contributed by atoms with van der Waals surface area (Å²) < 4.78 is 5.50. The van der Waals surface area contributed by atoms with Crippen LogP contribution in [0.2, 0.25) is 0 Å². The summed E-state index contributed by atoms with van der Waals surface area (Å²) in [4.78, 5) is 29.0. The Morgan fingerprint density at radius 3 is 2.80 bits per heavy atom. The Hall–Kier alpha value is -1.82. The van der Waals surface area contributed by atoms with Gasteiger partial charge in [0, 0.05) is 38.7 Å². The Labute approximate surface area is 148 Å². The lowest BCUT2D eigenvalue weighted by molar-refractivity contribution is -0.140. The molecule has 2 amide bonds. The van der Waals surface area contributed by atoms with Crippen molar-refractivity contribution in [2.24, 2.45) is 5.92 Å². The Kier molecular flexibility index (Phi) is 5.47. The average molecular weight is 348 g/mol. The van der Waals surface area contributed by atoms with Gasteiger partial charge in [0.15, 0.2) is 0 Å². The maximum absolute atomic E-state index is 12.8. The molecular formula is C19H28N2O4. The molecule has 0 aromatic carbocycles. The highest BCUT2D eigenvalue weighted by molar-refractivity contribution is 5.95. The summed E-state index contributed by atoms with van der Waals surface area (Å²) >= 11 is 0. The van der Waals surface area contributed by atoms with Gasteiger partial charge in [-0.3, -0.25) is 9.59 Å². The number of carbonyl (C=O) groups excluding carboxylic acids is 2. The number of aliphatic hydroxyl groups excluding tert-OH is 1. The van der Waals surface area contributed by atoms with Gasteiger partial charge < -0.3 is 19.3 Å². The molecule has 2 aliphatic heterocycles. The average Bonchev–Trinajstić information content (AvgIpc) is 2.94. The lowest BCUT2D eigenvalue weighted by Crippen LogP contribution is -2.57. The molecule has 25 heavy (non-hydrogen) atoms. The minimum Gasteiger partial charge on any atom is -0.466 e. The van der Waals surface area contributed by atoms with Gasteiger partial charge in [0.25, 0.3) is 5.91 Å². The first-order valence-corrected chi connectivity index (χ1v) is 9.28. The van der Waals surface area contributed by atoms with Crippen molar-refractivity contribution in [2.75, 3.05) is 26.2 Å². The van der Waals surface area contributed by atoms with Gasteiger partial charge in [-0.15, -0.1) is 0 Å². The lowest BCUT2D eigenvalue weighted by Gasteiger charge is -2.47. The molecule has 2 saturated heterocycles. The summed E-state index contributed by atoms with van der Waals surface area (Å²) in [6.07, 6.45) is 3.81. The summed E-state index contributed by atoms with van der Waals surface area (Å²) in [6, 6.07) is 2.05. The molecule has 138 valence electrons. The van der Waals surface area contributed by atoms with Crippen molar-refractivity contribution in [2.45, 2.75) is 52.0 Å². The van der Waals surface area contributed by atoms with E-state index in [1.54, 1.807) is 0 Å². The molecule has 0 unspecified atom stereocenters. The summed E-state index contributed by atoms with van der Waals surface area (Å²) in [7, 11) is 0. The fraction of sp³-hybridized carbons (Fsp3) is 0.684. The van der Waals surface area contributed by atoms with Crippen LogP contribution >= 0.6 is 0 Å². The van der Waals surface area contributed by atoms with Gasteiger partial charge in [0.2, 0.25) is 5.91 Å². The molecule has 6 nitrogen and oxygen atoms in total. The van der Waals surface area contributed by atoms with Crippen LogP contribution in [0.25, 0.3) is 0 Å². The van der Waals surface area contributed by atoms with Crippen LogP contribution in [0.5, 0.6) is 0 Å². The maximum atomic E-state index is 12.8. The number of nitrogens with zero attached hydrogens (tertiary/aromatic N) is 2. The summed E-state index contributed by atoms with van der Waals surface area (Å²) in [5.41, 5.74) is 0.655. The minimum absolute atomic E-state index is 0.0385. The van der Waals surface area contributed by atoms with Gasteiger partial charge in [0.05, 0.1) is 5.56 Å². The Bertz CT molecular complexity index is 639. The first kappa shape index (κ1) is 18.0. The molecule has 0 spiro atoms. The predicted molar refractivity (Wildman–Crippen MR) is 93.2 cm³/mol. The zero-order valence-corrected chi connectivity index (χ0v) is 15.2. The molecule has 2 aliphatic rings.